The first-order valence-corrected chi connectivity index (χ1v) is 5.85. The molecule has 0 aliphatic heterocycles. The van der Waals surface area contributed by atoms with E-state index in [1.807, 2.05) is 19.1 Å². The number of aryl methyl sites for hydroxylation is 2. The van der Waals surface area contributed by atoms with Crippen LogP contribution in [-0.2, 0) is 11.2 Å². The van der Waals surface area contributed by atoms with Gasteiger partial charge in [0.2, 0.25) is 0 Å². The van der Waals surface area contributed by atoms with E-state index >= 15 is 0 Å². The molecule has 0 radical (unpaired) electrons. The van der Waals surface area contributed by atoms with Crippen molar-refractivity contribution in [1.82, 2.24) is 0 Å². The van der Waals surface area contributed by atoms with Gasteiger partial charge in [0.1, 0.15) is 11.3 Å². The smallest absolute Gasteiger partial charge is 0.303 e. The van der Waals surface area contributed by atoms with E-state index in [0.29, 0.717) is 17.9 Å². The van der Waals surface area contributed by atoms with E-state index in [0.717, 1.165) is 22.3 Å². The second-order valence-corrected chi connectivity index (χ2v) is 4.47. The lowest BCUT2D eigenvalue weighted by Crippen LogP contribution is -1.95. The molecule has 1 aromatic carbocycles. The SMILES string of the molecule is Cc1c(CCCC(=O)O)oc2ccc(Cl)cc12. The Hall–Kier alpha value is -1.48. The van der Waals surface area contributed by atoms with E-state index in [1.54, 1.807) is 6.07 Å². The molecule has 0 aliphatic carbocycles. The molecule has 0 saturated heterocycles. The molecule has 0 fully saturated rings. The molecule has 0 unspecified atom stereocenters. The molecule has 1 N–H and O–H groups in total. The van der Waals surface area contributed by atoms with Crippen LogP contribution in [0, 0.1) is 6.92 Å². The lowest BCUT2D eigenvalue weighted by Gasteiger charge is -1.96. The Kier molecular flexibility index (Phi) is 3.38. The third kappa shape index (κ3) is 2.61. The minimum atomic E-state index is -0.776. The topological polar surface area (TPSA) is 50.4 Å². The van der Waals surface area contributed by atoms with Gasteiger partial charge in [-0.2, -0.15) is 0 Å². The number of furan rings is 1. The zero-order valence-corrected chi connectivity index (χ0v) is 10.3. The second-order valence-electron chi connectivity index (χ2n) is 4.04. The standard InChI is InChI=1S/C13H13ClO3/c1-8-10-7-9(14)5-6-12(10)17-11(8)3-2-4-13(15)16/h5-7H,2-4H2,1H3,(H,15,16). The molecule has 2 aromatic rings. The first-order valence-electron chi connectivity index (χ1n) is 5.47. The number of hydrogen-bond donors (Lipinski definition) is 1. The molecule has 2 rings (SSSR count). The van der Waals surface area contributed by atoms with Crippen LogP contribution in [0.4, 0.5) is 0 Å². The number of carboxylic acids is 1. The molecule has 1 heterocycles. The van der Waals surface area contributed by atoms with Gasteiger partial charge in [0.05, 0.1) is 0 Å². The van der Waals surface area contributed by atoms with Crippen LogP contribution in [0.1, 0.15) is 24.2 Å². The summed E-state index contributed by atoms with van der Waals surface area (Å²) in [5, 5.41) is 10.3. The summed E-state index contributed by atoms with van der Waals surface area (Å²) in [5.41, 5.74) is 1.85. The minimum absolute atomic E-state index is 0.164. The van der Waals surface area contributed by atoms with E-state index in [1.165, 1.54) is 0 Å². The van der Waals surface area contributed by atoms with E-state index in [2.05, 4.69) is 0 Å². The number of rotatable bonds is 4. The molecule has 0 amide bonds. The Morgan fingerprint density at radius 2 is 2.24 bits per heavy atom. The Morgan fingerprint density at radius 3 is 2.94 bits per heavy atom. The highest BCUT2D eigenvalue weighted by Crippen LogP contribution is 2.28. The van der Waals surface area contributed by atoms with Crippen LogP contribution in [0.15, 0.2) is 22.6 Å². The molecule has 0 saturated carbocycles. The van der Waals surface area contributed by atoms with Gasteiger partial charge in [-0.15, -0.1) is 0 Å². The lowest BCUT2D eigenvalue weighted by atomic mass is 10.1. The largest absolute Gasteiger partial charge is 0.481 e. The number of halogens is 1. The van der Waals surface area contributed by atoms with E-state index in [4.69, 9.17) is 21.1 Å². The van der Waals surface area contributed by atoms with Gasteiger partial charge in [0.15, 0.2) is 0 Å². The fourth-order valence-electron chi connectivity index (χ4n) is 1.88. The summed E-state index contributed by atoms with van der Waals surface area (Å²) in [4.78, 5) is 10.4. The van der Waals surface area contributed by atoms with Gasteiger partial charge in [0.25, 0.3) is 0 Å². The first kappa shape index (κ1) is 12.0. The fraction of sp³-hybridized carbons (Fsp3) is 0.308. The van der Waals surface area contributed by atoms with Gasteiger partial charge in [-0.25, -0.2) is 0 Å². The van der Waals surface area contributed by atoms with Crippen LogP contribution in [0.25, 0.3) is 11.0 Å². The van der Waals surface area contributed by atoms with Gasteiger partial charge in [-0.3, -0.25) is 4.79 Å². The third-order valence-corrected chi connectivity index (χ3v) is 3.03. The summed E-state index contributed by atoms with van der Waals surface area (Å²) in [7, 11) is 0. The molecule has 4 heteroatoms. The lowest BCUT2D eigenvalue weighted by molar-refractivity contribution is -0.137. The Labute approximate surface area is 104 Å². The van der Waals surface area contributed by atoms with Crippen LogP contribution < -0.4 is 0 Å². The summed E-state index contributed by atoms with van der Waals surface area (Å²) in [6, 6.07) is 5.50. The average molecular weight is 253 g/mol. The molecule has 3 nitrogen and oxygen atoms in total. The van der Waals surface area contributed by atoms with Crippen molar-refractivity contribution >= 4 is 28.5 Å². The normalized spacial score (nSPS) is 10.9. The Bertz CT molecular complexity index is 557. The number of carbonyl (C=O) groups is 1. The molecule has 1 aromatic heterocycles. The highest BCUT2D eigenvalue weighted by molar-refractivity contribution is 6.31. The van der Waals surface area contributed by atoms with Crippen LogP contribution in [0.3, 0.4) is 0 Å². The monoisotopic (exact) mass is 252 g/mol. The number of benzene rings is 1. The van der Waals surface area contributed by atoms with Crippen molar-refractivity contribution in [3.63, 3.8) is 0 Å². The molecule has 17 heavy (non-hydrogen) atoms. The molecular formula is C13H13ClO3. The number of hydrogen-bond acceptors (Lipinski definition) is 2. The van der Waals surface area contributed by atoms with E-state index < -0.39 is 5.97 Å². The maximum absolute atomic E-state index is 10.4. The van der Waals surface area contributed by atoms with Gasteiger partial charge in [-0.05, 0) is 37.1 Å². The summed E-state index contributed by atoms with van der Waals surface area (Å²) in [6.45, 7) is 1.97. The molecule has 0 atom stereocenters. The highest BCUT2D eigenvalue weighted by Gasteiger charge is 2.11. The second kappa shape index (κ2) is 4.80. The maximum Gasteiger partial charge on any atom is 0.303 e. The van der Waals surface area contributed by atoms with E-state index in [-0.39, 0.29) is 6.42 Å². The summed E-state index contributed by atoms with van der Waals surface area (Å²) in [5.74, 6) is 0.0744. The molecular weight excluding hydrogens is 240 g/mol. The predicted molar refractivity (Wildman–Crippen MR) is 66.5 cm³/mol. The quantitative estimate of drug-likeness (QED) is 0.900. The zero-order valence-electron chi connectivity index (χ0n) is 9.50. The van der Waals surface area contributed by atoms with Crippen molar-refractivity contribution in [1.29, 1.82) is 0 Å². The predicted octanol–water partition coefficient (Wildman–Crippen LogP) is 3.80. The summed E-state index contributed by atoms with van der Waals surface area (Å²) in [6.07, 6.45) is 1.39. The summed E-state index contributed by atoms with van der Waals surface area (Å²) < 4.78 is 5.68. The average Bonchev–Trinajstić information content (AvgIpc) is 2.56. The van der Waals surface area contributed by atoms with Gasteiger partial charge in [0, 0.05) is 23.3 Å². The number of fused-ring (bicyclic) bond motifs is 1. The van der Waals surface area contributed by atoms with Gasteiger partial charge >= 0.3 is 5.97 Å². The van der Waals surface area contributed by atoms with Crippen molar-refractivity contribution in [3.8, 4) is 0 Å². The van der Waals surface area contributed by atoms with Crippen molar-refractivity contribution in [2.75, 3.05) is 0 Å². The van der Waals surface area contributed by atoms with Crippen LogP contribution in [0.2, 0.25) is 5.02 Å². The Morgan fingerprint density at radius 1 is 1.47 bits per heavy atom. The van der Waals surface area contributed by atoms with E-state index in [9.17, 15) is 4.79 Å². The molecule has 0 aliphatic rings. The fourth-order valence-corrected chi connectivity index (χ4v) is 2.05. The van der Waals surface area contributed by atoms with Crippen LogP contribution in [0.5, 0.6) is 0 Å². The van der Waals surface area contributed by atoms with Crippen LogP contribution >= 0.6 is 11.6 Å². The summed E-state index contributed by atoms with van der Waals surface area (Å²) >= 11 is 5.93. The third-order valence-electron chi connectivity index (χ3n) is 2.79. The van der Waals surface area contributed by atoms with Crippen molar-refractivity contribution in [3.05, 3.63) is 34.5 Å². The molecule has 90 valence electrons. The number of carboxylic acid groups (broad SMARTS) is 1. The van der Waals surface area contributed by atoms with Crippen molar-refractivity contribution < 1.29 is 14.3 Å². The minimum Gasteiger partial charge on any atom is -0.481 e. The van der Waals surface area contributed by atoms with Gasteiger partial charge < -0.3 is 9.52 Å². The molecule has 0 spiro atoms. The van der Waals surface area contributed by atoms with Crippen molar-refractivity contribution in [2.45, 2.75) is 26.2 Å². The zero-order chi connectivity index (χ0) is 12.4. The van der Waals surface area contributed by atoms with Gasteiger partial charge in [-0.1, -0.05) is 11.6 Å². The maximum atomic E-state index is 10.4. The Balaban J connectivity index is 2.23. The first-order chi connectivity index (χ1) is 8.08. The van der Waals surface area contributed by atoms with Crippen molar-refractivity contribution in [2.24, 2.45) is 0 Å². The van der Waals surface area contributed by atoms with Crippen LogP contribution in [-0.4, -0.2) is 11.1 Å². The molecule has 0 bridgehead atoms. The highest BCUT2D eigenvalue weighted by atomic mass is 35.5. The number of aliphatic carboxylic acids is 1.